The maximum Gasteiger partial charge on any atom is 0.416 e. The van der Waals surface area contributed by atoms with E-state index < -0.39 is 17.2 Å². The van der Waals surface area contributed by atoms with Crippen molar-refractivity contribution in [3.05, 3.63) is 23.3 Å². The average Bonchev–Trinajstić information content (AvgIpc) is 2.65. The van der Waals surface area contributed by atoms with E-state index in [4.69, 9.17) is 10.5 Å². The number of hydrogen-bond acceptors (Lipinski definition) is 3. The summed E-state index contributed by atoms with van der Waals surface area (Å²) in [5.74, 6) is -0.368. The highest BCUT2D eigenvalue weighted by molar-refractivity contribution is 6.08. The predicted octanol–water partition coefficient (Wildman–Crippen LogP) is 3.73. The third-order valence-corrected chi connectivity index (χ3v) is 4.24. The monoisotopic (exact) mass is 344 g/mol. The van der Waals surface area contributed by atoms with Crippen molar-refractivity contribution in [3.63, 3.8) is 0 Å². The van der Waals surface area contributed by atoms with Gasteiger partial charge in [-0.3, -0.25) is 4.79 Å². The second kappa shape index (κ2) is 6.63. The number of amides is 1. The normalized spacial score (nSPS) is 16.6. The van der Waals surface area contributed by atoms with Crippen LogP contribution < -0.4 is 10.6 Å². The summed E-state index contributed by atoms with van der Waals surface area (Å²) in [5.41, 5.74) is 3.77. The molecule has 7 heteroatoms. The zero-order valence-corrected chi connectivity index (χ0v) is 14.2. The van der Waals surface area contributed by atoms with Crippen LogP contribution in [0, 0.1) is 0 Å². The van der Waals surface area contributed by atoms with Gasteiger partial charge < -0.3 is 15.4 Å². The highest BCUT2D eigenvalue weighted by Crippen LogP contribution is 2.49. The molecule has 0 radical (unpaired) electrons. The minimum atomic E-state index is -4.56. The summed E-state index contributed by atoms with van der Waals surface area (Å²) in [6, 6.07) is 2.33. The highest BCUT2D eigenvalue weighted by atomic mass is 19.4. The number of carbonyl (C=O) groups is 1. The van der Waals surface area contributed by atoms with E-state index in [1.807, 2.05) is 6.92 Å². The number of ether oxygens (including phenoxy) is 1. The molecular weight excluding hydrogens is 321 g/mol. The molecule has 1 aliphatic heterocycles. The molecule has 1 heterocycles. The first-order chi connectivity index (χ1) is 11.1. The molecular formula is C17H23F3N2O2. The van der Waals surface area contributed by atoms with E-state index in [1.165, 1.54) is 24.8 Å². The maximum atomic E-state index is 13.4. The van der Waals surface area contributed by atoms with Gasteiger partial charge in [0.2, 0.25) is 5.91 Å². The molecule has 1 aromatic rings. The van der Waals surface area contributed by atoms with Crippen molar-refractivity contribution < 1.29 is 22.7 Å². The highest BCUT2D eigenvalue weighted by Gasteiger charge is 2.49. The molecule has 1 aromatic carbocycles. The lowest BCUT2D eigenvalue weighted by atomic mass is 9.82. The Morgan fingerprint density at radius 1 is 1.25 bits per heavy atom. The van der Waals surface area contributed by atoms with Crippen LogP contribution in [0.15, 0.2) is 12.1 Å². The first-order valence-electron chi connectivity index (χ1n) is 8.01. The van der Waals surface area contributed by atoms with E-state index in [2.05, 4.69) is 0 Å². The molecule has 4 nitrogen and oxygen atoms in total. The van der Waals surface area contributed by atoms with Crippen LogP contribution in [-0.2, 0) is 21.1 Å². The first kappa shape index (κ1) is 18.6. The number of benzene rings is 1. The van der Waals surface area contributed by atoms with Crippen molar-refractivity contribution in [1.82, 2.24) is 0 Å². The van der Waals surface area contributed by atoms with Crippen LogP contribution in [0.1, 0.15) is 44.7 Å². The number of hydrogen-bond donors (Lipinski definition) is 1. The summed E-state index contributed by atoms with van der Waals surface area (Å²) in [7, 11) is 0. The number of nitrogen functional groups attached to an aromatic ring is 1. The fourth-order valence-corrected chi connectivity index (χ4v) is 3.02. The van der Waals surface area contributed by atoms with Gasteiger partial charge in [-0.2, -0.15) is 13.2 Å². The molecule has 0 spiro atoms. The Morgan fingerprint density at radius 3 is 2.50 bits per heavy atom. The van der Waals surface area contributed by atoms with Gasteiger partial charge >= 0.3 is 6.18 Å². The summed E-state index contributed by atoms with van der Waals surface area (Å²) >= 11 is 0. The van der Waals surface area contributed by atoms with E-state index in [-0.39, 0.29) is 36.0 Å². The number of rotatable bonds is 6. The molecule has 134 valence electrons. The predicted molar refractivity (Wildman–Crippen MR) is 87.0 cm³/mol. The second-order valence-corrected chi connectivity index (χ2v) is 6.51. The van der Waals surface area contributed by atoms with Gasteiger partial charge in [-0.05, 0) is 32.4 Å². The summed E-state index contributed by atoms with van der Waals surface area (Å²) in [5, 5.41) is 0. The molecule has 0 fully saturated rings. The van der Waals surface area contributed by atoms with E-state index in [0.29, 0.717) is 6.61 Å². The molecule has 0 saturated carbocycles. The van der Waals surface area contributed by atoms with Gasteiger partial charge in [0.15, 0.2) is 0 Å². The number of halogens is 3. The molecule has 2 N–H and O–H groups in total. The third kappa shape index (κ3) is 3.36. The molecule has 0 atom stereocenters. The standard InChI is InChI=1S/C17H23F3N2O2/c1-4-5-7-24-8-6-22-13-10-11(21)9-12(17(18,19)20)14(13)16(2,3)15(22)23/h9-10H,4-8,21H2,1-3H3. The topological polar surface area (TPSA) is 55.6 Å². The molecule has 0 aromatic heterocycles. The van der Waals surface area contributed by atoms with Crippen molar-refractivity contribution in [2.75, 3.05) is 30.4 Å². The Bertz CT molecular complexity index is 627. The van der Waals surface area contributed by atoms with Crippen molar-refractivity contribution in [3.8, 4) is 0 Å². The Labute approximate surface area is 139 Å². The fourth-order valence-electron chi connectivity index (χ4n) is 3.02. The molecule has 24 heavy (non-hydrogen) atoms. The van der Waals surface area contributed by atoms with Crippen LogP contribution in [0.4, 0.5) is 24.5 Å². The molecule has 0 aliphatic carbocycles. The number of alkyl halides is 3. The fraction of sp³-hybridized carbons (Fsp3) is 0.588. The number of nitrogens with two attached hydrogens (primary N) is 1. The summed E-state index contributed by atoms with van der Waals surface area (Å²) in [4.78, 5) is 14.0. The Hall–Kier alpha value is -1.76. The molecule has 0 saturated heterocycles. The average molecular weight is 344 g/mol. The molecule has 2 rings (SSSR count). The number of anilines is 2. The van der Waals surface area contributed by atoms with Crippen LogP contribution >= 0.6 is 0 Å². The van der Waals surface area contributed by atoms with Crippen LogP contribution in [-0.4, -0.2) is 25.7 Å². The number of fused-ring (bicyclic) bond motifs is 1. The van der Waals surface area contributed by atoms with Gasteiger partial charge in [0, 0.05) is 24.4 Å². The van der Waals surface area contributed by atoms with E-state index >= 15 is 0 Å². The van der Waals surface area contributed by atoms with Crippen molar-refractivity contribution in [1.29, 1.82) is 0 Å². The number of nitrogens with zero attached hydrogens (tertiary/aromatic N) is 1. The zero-order chi connectivity index (χ0) is 18.1. The van der Waals surface area contributed by atoms with E-state index in [0.717, 1.165) is 18.9 Å². The van der Waals surface area contributed by atoms with Crippen LogP contribution in [0.5, 0.6) is 0 Å². The molecule has 1 amide bonds. The van der Waals surface area contributed by atoms with Crippen LogP contribution in [0.2, 0.25) is 0 Å². The number of carbonyl (C=O) groups excluding carboxylic acids is 1. The molecule has 1 aliphatic rings. The van der Waals surface area contributed by atoms with Crippen LogP contribution in [0.25, 0.3) is 0 Å². The van der Waals surface area contributed by atoms with Crippen LogP contribution in [0.3, 0.4) is 0 Å². The number of unbranched alkanes of at least 4 members (excludes halogenated alkanes) is 1. The Kier molecular flexibility index (Phi) is 5.13. The van der Waals surface area contributed by atoms with Gasteiger partial charge in [-0.1, -0.05) is 13.3 Å². The van der Waals surface area contributed by atoms with Crippen molar-refractivity contribution in [2.24, 2.45) is 0 Å². The van der Waals surface area contributed by atoms with Crippen molar-refractivity contribution >= 4 is 17.3 Å². The largest absolute Gasteiger partial charge is 0.416 e. The summed E-state index contributed by atoms with van der Waals surface area (Å²) in [6.45, 7) is 6.11. The quantitative estimate of drug-likeness (QED) is 0.632. The summed E-state index contributed by atoms with van der Waals surface area (Å²) in [6.07, 6.45) is -2.67. The van der Waals surface area contributed by atoms with E-state index in [1.54, 1.807) is 0 Å². The lowest BCUT2D eigenvalue weighted by Gasteiger charge is -2.21. The lowest BCUT2D eigenvalue weighted by molar-refractivity contribution is -0.138. The Balaban J connectivity index is 2.36. The third-order valence-electron chi connectivity index (χ3n) is 4.24. The maximum absolute atomic E-state index is 13.4. The minimum Gasteiger partial charge on any atom is -0.399 e. The van der Waals surface area contributed by atoms with Gasteiger partial charge in [0.05, 0.1) is 23.3 Å². The molecule has 0 unspecified atom stereocenters. The van der Waals surface area contributed by atoms with Gasteiger partial charge in [0.25, 0.3) is 0 Å². The minimum absolute atomic E-state index is 0.0107. The SMILES string of the molecule is CCCCOCCN1C(=O)C(C)(C)c2c1cc(N)cc2C(F)(F)F. The Morgan fingerprint density at radius 2 is 1.92 bits per heavy atom. The zero-order valence-electron chi connectivity index (χ0n) is 14.2. The van der Waals surface area contributed by atoms with Crippen molar-refractivity contribution in [2.45, 2.75) is 45.2 Å². The van der Waals surface area contributed by atoms with E-state index in [9.17, 15) is 18.0 Å². The lowest BCUT2D eigenvalue weighted by Crippen LogP contribution is -2.38. The summed E-state index contributed by atoms with van der Waals surface area (Å²) < 4.78 is 45.7. The van der Waals surface area contributed by atoms with Gasteiger partial charge in [0.1, 0.15) is 0 Å². The van der Waals surface area contributed by atoms with Gasteiger partial charge in [-0.15, -0.1) is 0 Å². The second-order valence-electron chi connectivity index (χ2n) is 6.51. The molecule has 0 bridgehead atoms. The smallest absolute Gasteiger partial charge is 0.399 e. The van der Waals surface area contributed by atoms with Gasteiger partial charge in [-0.25, -0.2) is 0 Å². The first-order valence-corrected chi connectivity index (χ1v) is 8.01.